The van der Waals surface area contributed by atoms with Crippen molar-refractivity contribution >= 4 is 20.2 Å². The van der Waals surface area contributed by atoms with Gasteiger partial charge in [0.15, 0.2) is 0 Å². The van der Waals surface area contributed by atoms with Crippen LogP contribution in [-0.4, -0.2) is 25.9 Å². The lowest BCUT2D eigenvalue weighted by molar-refractivity contribution is 0.476. The van der Waals surface area contributed by atoms with Crippen LogP contribution in [0.2, 0.25) is 0 Å². The molecule has 2 N–H and O–H groups in total. The molecule has 0 bridgehead atoms. The third-order valence-corrected chi connectivity index (χ3v) is 4.21. The van der Waals surface area contributed by atoms with Crippen LogP contribution < -0.4 is 4.74 Å². The van der Waals surface area contributed by atoms with Crippen molar-refractivity contribution in [2.24, 2.45) is 0 Å². The first-order chi connectivity index (χ1) is 9.66. The van der Waals surface area contributed by atoms with Crippen molar-refractivity contribution in [2.75, 3.05) is 0 Å². The maximum atomic E-state index is 10.9. The van der Waals surface area contributed by atoms with Gasteiger partial charge in [0.1, 0.15) is 11.5 Å². The average molecular weight is 330 g/mol. The monoisotopic (exact) mass is 330 g/mol. The normalized spacial score (nSPS) is 12.1. The van der Waals surface area contributed by atoms with E-state index in [0.717, 1.165) is 24.3 Å². The van der Waals surface area contributed by atoms with Crippen molar-refractivity contribution in [2.45, 2.75) is 9.79 Å². The molecule has 0 spiro atoms. The van der Waals surface area contributed by atoms with E-state index < -0.39 is 20.2 Å². The van der Waals surface area contributed by atoms with Crippen LogP contribution >= 0.6 is 0 Å². The Morgan fingerprint density at radius 3 is 1.14 bits per heavy atom. The Hall–Kier alpha value is -1.94. The fourth-order valence-corrected chi connectivity index (χ4v) is 2.46. The van der Waals surface area contributed by atoms with Gasteiger partial charge in [-0.2, -0.15) is 16.8 Å². The Kier molecular flexibility index (Phi) is 4.01. The van der Waals surface area contributed by atoms with Gasteiger partial charge in [0.25, 0.3) is 20.2 Å². The largest absolute Gasteiger partial charge is 0.457 e. The lowest BCUT2D eigenvalue weighted by Gasteiger charge is -2.06. The van der Waals surface area contributed by atoms with Gasteiger partial charge >= 0.3 is 0 Å². The van der Waals surface area contributed by atoms with Crippen molar-refractivity contribution in [3.05, 3.63) is 48.5 Å². The quantitative estimate of drug-likeness (QED) is 0.823. The lowest BCUT2D eigenvalue weighted by atomic mass is 10.3. The van der Waals surface area contributed by atoms with Crippen LogP contribution in [0.4, 0.5) is 0 Å². The molecule has 0 heterocycles. The first-order valence-electron chi connectivity index (χ1n) is 5.49. The Bertz CT molecular complexity index is 762. The second kappa shape index (κ2) is 5.45. The van der Waals surface area contributed by atoms with Crippen LogP contribution in [0.5, 0.6) is 11.5 Å². The summed E-state index contributed by atoms with van der Waals surface area (Å²) in [6.45, 7) is 0. The molecule has 0 atom stereocenters. The molecule has 0 aromatic heterocycles. The number of rotatable bonds is 4. The third kappa shape index (κ3) is 4.02. The maximum Gasteiger partial charge on any atom is 0.294 e. The minimum Gasteiger partial charge on any atom is -0.457 e. The van der Waals surface area contributed by atoms with Gasteiger partial charge in [0, 0.05) is 0 Å². The zero-order valence-corrected chi connectivity index (χ0v) is 12.0. The van der Waals surface area contributed by atoms with Crippen molar-refractivity contribution < 1.29 is 30.7 Å². The number of hydrogen-bond acceptors (Lipinski definition) is 5. The second-order valence-electron chi connectivity index (χ2n) is 4.00. The summed E-state index contributed by atoms with van der Waals surface area (Å²) in [5, 5.41) is 0. The predicted octanol–water partition coefficient (Wildman–Crippen LogP) is 1.97. The lowest BCUT2D eigenvalue weighted by Crippen LogP contribution is -1.98. The van der Waals surface area contributed by atoms with Gasteiger partial charge in [-0.1, -0.05) is 0 Å². The predicted molar refractivity (Wildman–Crippen MR) is 72.6 cm³/mol. The Balaban J connectivity index is 2.19. The van der Waals surface area contributed by atoms with Gasteiger partial charge in [-0.15, -0.1) is 0 Å². The molecular formula is C12H10O7S2. The molecule has 0 unspecified atom stereocenters. The smallest absolute Gasteiger partial charge is 0.294 e. The zero-order chi connectivity index (χ0) is 15.7. The zero-order valence-electron chi connectivity index (χ0n) is 10.4. The summed E-state index contributed by atoms with van der Waals surface area (Å²) in [6.07, 6.45) is 0. The number of benzene rings is 2. The van der Waals surface area contributed by atoms with Gasteiger partial charge in [-0.3, -0.25) is 9.11 Å². The summed E-state index contributed by atoms with van der Waals surface area (Å²) in [5.74, 6) is 0.587. The van der Waals surface area contributed by atoms with Crippen molar-refractivity contribution in [3.8, 4) is 11.5 Å². The number of ether oxygens (including phenoxy) is 1. The van der Waals surface area contributed by atoms with Crippen LogP contribution in [0.3, 0.4) is 0 Å². The molecule has 2 rings (SSSR count). The molecule has 2 aromatic rings. The molecule has 0 aliphatic heterocycles. The van der Waals surface area contributed by atoms with Gasteiger partial charge in [0.2, 0.25) is 0 Å². The standard InChI is InChI=1S/C12H10O7S2/c13-20(14,15)11-5-1-9(2-6-11)19-10-3-7-12(8-4-10)21(16,17)18/h1-8H,(H,13,14,15)(H,16,17,18). The molecular weight excluding hydrogens is 320 g/mol. The molecule has 0 fully saturated rings. The van der Waals surface area contributed by atoms with E-state index in [2.05, 4.69) is 0 Å². The highest BCUT2D eigenvalue weighted by atomic mass is 32.2. The van der Waals surface area contributed by atoms with E-state index in [1.54, 1.807) is 0 Å². The molecule has 0 aliphatic rings. The first kappa shape index (κ1) is 15.4. The van der Waals surface area contributed by atoms with E-state index in [-0.39, 0.29) is 9.79 Å². The highest BCUT2D eigenvalue weighted by molar-refractivity contribution is 7.86. The second-order valence-corrected chi connectivity index (χ2v) is 6.84. The summed E-state index contributed by atoms with van der Waals surface area (Å²) >= 11 is 0. The molecule has 7 nitrogen and oxygen atoms in total. The van der Waals surface area contributed by atoms with E-state index in [9.17, 15) is 16.8 Å². The highest BCUT2D eigenvalue weighted by Gasteiger charge is 2.10. The van der Waals surface area contributed by atoms with E-state index >= 15 is 0 Å². The summed E-state index contributed by atoms with van der Waals surface area (Å²) < 4.78 is 66.5. The van der Waals surface area contributed by atoms with Crippen LogP contribution in [-0.2, 0) is 20.2 Å². The molecule has 21 heavy (non-hydrogen) atoms. The molecule has 0 saturated carbocycles. The van der Waals surface area contributed by atoms with Gasteiger partial charge < -0.3 is 4.74 Å². The molecule has 0 saturated heterocycles. The van der Waals surface area contributed by atoms with Crippen LogP contribution in [0.25, 0.3) is 0 Å². The van der Waals surface area contributed by atoms with Crippen LogP contribution in [0, 0.1) is 0 Å². The number of hydrogen-bond donors (Lipinski definition) is 2. The fourth-order valence-electron chi connectivity index (χ4n) is 1.50. The average Bonchev–Trinajstić information content (AvgIpc) is 2.38. The SMILES string of the molecule is O=S(=O)(O)c1ccc(Oc2ccc(S(=O)(=O)O)cc2)cc1. The van der Waals surface area contributed by atoms with Gasteiger partial charge in [-0.25, -0.2) is 0 Å². The van der Waals surface area contributed by atoms with E-state index in [1.807, 2.05) is 0 Å². The van der Waals surface area contributed by atoms with Crippen molar-refractivity contribution in [1.82, 2.24) is 0 Å². The fraction of sp³-hybridized carbons (Fsp3) is 0. The van der Waals surface area contributed by atoms with E-state index in [4.69, 9.17) is 13.8 Å². The molecule has 2 aromatic carbocycles. The molecule has 0 aliphatic carbocycles. The molecule has 0 radical (unpaired) electrons. The molecule has 9 heteroatoms. The molecule has 112 valence electrons. The highest BCUT2D eigenvalue weighted by Crippen LogP contribution is 2.24. The van der Waals surface area contributed by atoms with Crippen molar-refractivity contribution in [3.63, 3.8) is 0 Å². The van der Waals surface area contributed by atoms with Crippen LogP contribution in [0.15, 0.2) is 58.3 Å². The maximum absolute atomic E-state index is 10.9. The summed E-state index contributed by atoms with van der Waals surface area (Å²) in [7, 11) is -8.53. The third-order valence-electron chi connectivity index (χ3n) is 2.48. The van der Waals surface area contributed by atoms with E-state index in [1.165, 1.54) is 24.3 Å². The summed E-state index contributed by atoms with van der Waals surface area (Å²) in [4.78, 5) is -0.534. The van der Waals surface area contributed by atoms with Crippen LogP contribution in [0.1, 0.15) is 0 Å². The van der Waals surface area contributed by atoms with Gasteiger partial charge in [0.05, 0.1) is 9.79 Å². The van der Waals surface area contributed by atoms with E-state index in [0.29, 0.717) is 11.5 Å². The summed E-state index contributed by atoms with van der Waals surface area (Å²) in [5.41, 5.74) is 0. The molecule has 0 amide bonds. The van der Waals surface area contributed by atoms with Crippen molar-refractivity contribution in [1.29, 1.82) is 0 Å². The Morgan fingerprint density at radius 2 is 0.905 bits per heavy atom. The summed E-state index contributed by atoms with van der Waals surface area (Å²) in [6, 6.07) is 9.99. The topological polar surface area (TPSA) is 118 Å². The van der Waals surface area contributed by atoms with Gasteiger partial charge in [-0.05, 0) is 48.5 Å². The Labute approximate surface area is 121 Å². The first-order valence-corrected chi connectivity index (χ1v) is 8.37. The minimum atomic E-state index is -4.26. The Morgan fingerprint density at radius 1 is 0.619 bits per heavy atom. The minimum absolute atomic E-state index is 0.267.